The minimum absolute atomic E-state index is 0.0143. The molecular weight excluding hydrogens is 408 g/mol. The first kappa shape index (κ1) is 20.1. The lowest BCUT2D eigenvalue weighted by Gasteiger charge is -2.29. The second kappa shape index (κ2) is 7.71. The standard InChI is InChI=1S/C24H22N4O4/c25-22(30)21-16(5-2-10-26-21)14-7-6-13(11-14)15-3-1-4-17-18(15)12-28(24(17)32)19-8-9-20(29)27-23(19)31/h1-5,10-11,14,19H,6-9,12H2,(H2,25,30)(H,27,29,31). The van der Waals surface area contributed by atoms with Crippen molar-refractivity contribution in [3.05, 3.63) is 70.6 Å². The molecule has 5 rings (SSSR count). The quantitative estimate of drug-likeness (QED) is 0.718. The molecule has 8 heteroatoms. The van der Waals surface area contributed by atoms with E-state index in [1.165, 1.54) is 0 Å². The molecule has 4 amide bonds. The SMILES string of the molecule is NC(=O)c1ncccc1C1C=C(c2cccc3c2CN(C2CCC(=O)NC2=O)C3=O)CC1. The summed E-state index contributed by atoms with van der Waals surface area (Å²) in [6.07, 6.45) is 5.85. The number of pyridine rings is 1. The van der Waals surface area contributed by atoms with E-state index in [-0.39, 0.29) is 29.8 Å². The monoisotopic (exact) mass is 430 g/mol. The van der Waals surface area contributed by atoms with Crippen molar-refractivity contribution in [2.75, 3.05) is 0 Å². The van der Waals surface area contributed by atoms with Crippen molar-refractivity contribution in [3.63, 3.8) is 0 Å². The normalized spacial score (nSPS) is 22.6. The summed E-state index contributed by atoms with van der Waals surface area (Å²) in [6.45, 7) is 0.331. The molecule has 162 valence electrons. The first-order valence-corrected chi connectivity index (χ1v) is 10.7. The maximum atomic E-state index is 13.1. The molecule has 0 saturated carbocycles. The molecule has 0 radical (unpaired) electrons. The predicted molar refractivity (Wildman–Crippen MR) is 115 cm³/mol. The van der Waals surface area contributed by atoms with Crippen molar-refractivity contribution in [1.82, 2.24) is 15.2 Å². The van der Waals surface area contributed by atoms with Crippen LogP contribution in [0.1, 0.15) is 69.1 Å². The van der Waals surface area contributed by atoms with Gasteiger partial charge in [0.05, 0.1) is 0 Å². The fraction of sp³-hybridized carbons (Fsp3) is 0.292. The molecule has 2 aliphatic heterocycles. The van der Waals surface area contributed by atoms with Gasteiger partial charge >= 0.3 is 0 Å². The van der Waals surface area contributed by atoms with Gasteiger partial charge in [-0.3, -0.25) is 29.5 Å². The fourth-order valence-electron chi connectivity index (χ4n) is 5.00. The molecule has 1 aromatic heterocycles. The number of benzene rings is 1. The van der Waals surface area contributed by atoms with Gasteiger partial charge in [-0.2, -0.15) is 0 Å². The Balaban J connectivity index is 1.46. The zero-order valence-electron chi connectivity index (χ0n) is 17.3. The highest BCUT2D eigenvalue weighted by Crippen LogP contribution is 2.41. The van der Waals surface area contributed by atoms with Crippen molar-refractivity contribution in [3.8, 4) is 0 Å². The molecule has 1 fully saturated rings. The van der Waals surface area contributed by atoms with Gasteiger partial charge in [-0.1, -0.05) is 24.3 Å². The smallest absolute Gasteiger partial charge is 0.267 e. The van der Waals surface area contributed by atoms with Gasteiger partial charge in [-0.05, 0) is 53.7 Å². The number of piperidine rings is 1. The third-order valence-electron chi connectivity index (χ3n) is 6.53. The third kappa shape index (κ3) is 3.28. The van der Waals surface area contributed by atoms with Gasteiger partial charge in [0.25, 0.3) is 11.8 Å². The van der Waals surface area contributed by atoms with E-state index >= 15 is 0 Å². The fourth-order valence-corrected chi connectivity index (χ4v) is 5.00. The summed E-state index contributed by atoms with van der Waals surface area (Å²) in [4.78, 5) is 54.4. The predicted octanol–water partition coefficient (Wildman–Crippen LogP) is 1.90. The number of hydrogen-bond donors (Lipinski definition) is 2. The van der Waals surface area contributed by atoms with Gasteiger partial charge in [0.15, 0.2) is 0 Å². The number of primary amides is 1. The molecule has 1 aromatic carbocycles. The van der Waals surface area contributed by atoms with Gasteiger partial charge in [0, 0.05) is 30.6 Å². The number of hydrogen-bond acceptors (Lipinski definition) is 5. The zero-order chi connectivity index (χ0) is 22.4. The van der Waals surface area contributed by atoms with E-state index in [9.17, 15) is 19.2 Å². The van der Waals surface area contributed by atoms with Crippen LogP contribution in [0.15, 0.2) is 42.6 Å². The molecule has 3 N–H and O–H groups in total. The minimum atomic E-state index is -0.640. The van der Waals surface area contributed by atoms with Crippen molar-refractivity contribution >= 4 is 29.2 Å². The Labute approximate surface area is 184 Å². The Morgan fingerprint density at radius 1 is 1.06 bits per heavy atom. The summed E-state index contributed by atoms with van der Waals surface area (Å²) < 4.78 is 0. The Kier molecular flexibility index (Phi) is 4.84. The van der Waals surface area contributed by atoms with Gasteiger partial charge in [-0.15, -0.1) is 0 Å². The summed E-state index contributed by atoms with van der Waals surface area (Å²) in [5.41, 5.74) is 10.2. The molecule has 2 atom stereocenters. The average molecular weight is 430 g/mol. The minimum Gasteiger partial charge on any atom is -0.364 e. The van der Waals surface area contributed by atoms with E-state index in [1.54, 1.807) is 23.2 Å². The van der Waals surface area contributed by atoms with E-state index in [4.69, 9.17) is 5.73 Å². The number of nitrogens with two attached hydrogens (primary N) is 1. The van der Waals surface area contributed by atoms with Crippen molar-refractivity contribution in [2.45, 2.75) is 44.2 Å². The molecule has 2 unspecified atom stereocenters. The second-order valence-corrected chi connectivity index (χ2v) is 8.37. The number of rotatable bonds is 4. The van der Waals surface area contributed by atoms with Crippen LogP contribution >= 0.6 is 0 Å². The number of nitrogens with one attached hydrogen (secondary N) is 1. The highest BCUT2D eigenvalue weighted by atomic mass is 16.2. The van der Waals surface area contributed by atoms with Gasteiger partial charge in [0.1, 0.15) is 11.7 Å². The lowest BCUT2D eigenvalue weighted by molar-refractivity contribution is -0.136. The number of carbonyl (C=O) groups excluding carboxylic acids is 4. The van der Waals surface area contributed by atoms with Crippen molar-refractivity contribution in [1.29, 1.82) is 0 Å². The summed E-state index contributed by atoms with van der Waals surface area (Å²) in [5, 5.41) is 2.33. The van der Waals surface area contributed by atoms with E-state index in [2.05, 4.69) is 16.4 Å². The van der Waals surface area contributed by atoms with Crippen LogP contribution in [0.3, 0.4) is 0 Å². The topological polar surface area (TPSA) is 122 Å². The van der Waals surface area contributed by atoms with Gasteiger partial charge in [0.2, 0.25) is 11.8 Å². The number of fused-ring (bicyclic) bond motifs is 1. The number of aromatic nitrogens is 1. The summed E-state index contributed by atoms with van der Waals surface area (Å²) in [6, 6.07) is 8.66. The molecule has 0 spiro atoms. The van der Waals surface area contributed by atoms with Crippen LogP contribution in [0.4, 0.5) is 0 Å². The van der Waals surface area contributed by atoms with Crippen LogP contribution in [0.5, 0.6) is 0 Å². The molecule has 2 aromatic rings. The van der Waals surface area contributed by atoms with Crippen LogP contribution in [-0.2, 0) is 16.1 Å². The molecule has 8 nitrogen and oxygen atoms in total. The molecule has 32 heavy (non-hydrogen) atoms. The van der Waals surface area contributed by atoms with Crippen LogP contribution in [0.2, 0.25) is 0 Å². The van der Waals surface area contributed by atoms with Crippen molar-refractivity contribution in [2.24, 2.45) is 5.73 Å². The lowest BCUT2D eigenvalue weighted by atomic mass is 9.96. The Morgan fingerprint density at radius 2 is 1.88 bits per heavy atom. The molecule has 0 bridgehead atoms. The maximum absolute atomic E-state index is 13.1. The first-order valence-electron chi connectivity index (χ1n) is 10.7. The highest BCUT2D eigenvalue weighted by molar-refractivity contribution is 6.06. The van der Waals surface area contributed by atoms with E-state index < -0.39 is 17.9 Å². The summed E-state index contributed by atoms with van der Waals surface area (Å²) in [5.74, 6) is -1.44. The van der Waals surface area contributed by atoms with E-state index in [0.29, 0.717) is 18.5 Å². The lowest BCUT2D eigenvalue weighted by Crippen LogP contribution is -2.52. The molecule has 3 aliphatic rings. The van der Waals surface area contributed by atoms with Crippen LogP contribution in [0, 0.1) is 0 Å². The Bertz CT molecular complexity index is 1200. The number of imide groups is 1. The van der Waals surface area contributed by atoms with Crippen molar-refractivity contribution < 1.29 is 19.2 Å². The zero-order valence-corrected chi connectivity index (χ0v) is 17.3. The van der Waals surface area contributed by atoms with Crippen LogP contribution < -0.4 is 11.1 Å². The average Bonchev–Trinajstić information content (AvgIpc) is 3.39. The maximum Gasteiger partial charge on any atom is 0.267 e. The Morgan fingerprint density at radius 3 is 2.66 bits per heavy atom. The highest BCUT2D eigenvalue weighted by Gasteiger charge is 2.40. The molecular formula is C24H22N4O4. The first-order chi connectivity index (χ1) is 15.4. The number of nitrogens with zero attached hydrogens (tertiary/aromatic N) is 2. The summed E-state index contributed by atoms with van der Waals surface area (Å²) >= 11 is 0. The molecule has 3 heterocycles. The Hall–Kier alpha value is -3.81. The van der Waals surface area contributed by atoms with Crippen LogP contribution in [0.25, 0.3) is 5.57 Å². The second-order valence-electron chi connectivity index (χ2n) is 8.37. The van der Waals surface area contributed by atoms with E-state index in [0.717, 1.165) is 35.1 Å². The van der Waals surface area contributed by atoms with Gasteiger partial charge < -0.3 is 10.6 Å². The van der Waals surface area contributed by atoms with Crippen LogP contribution in [-0.4, -0.2) is 39.6 Å². The number of amides is 4. The third-order valence-corrected chi connectivity index (χ3v) is 6.53. The number of allylic oxidation sites excluding steroid dienone is 2. The number of carbonyl (C=O) groups is 4. The molecule has 1 saturated heterocycles. The molecule has 1 aliphatic carbocycles. The largest absolute Gasteiger partial charge is 0.364 e. The van der Waals surface area contributed by atoms with E-state index in [1.807, 2.05) is 18.2 Å². The van der Waals surface area contributed by atoms with Gasteiger partial charge in [-0.25, -0.2) is 0 Å². The summed E-state index contributed by atoms with van der Waals surface area (Å²) in [7, 11) is 0.